The first-order valence-corrected chi connectivity index (χ1v) is 8.64. The highest BCUT2D eigenvalue weighted by molar-refractivity contribution is 5.83. The van der Waals surface area contributed by atoms with Gasteiger partial charge >= 0.3 is 0 Å². The molecule has 0 amide bonds. The molecule has 3 N–H and O–H groups in total. The number of rotatable bonds is 6. The Morgan fingerprint density at radius 3 is 2.88 bits per heavy atom. The minimum absolute atomic E-state index is 0.0114. The van der Waals surface area contributed by atoms with Gasteiger partial charge in [0.1, 0.15) is 12.4 Å². The van der Waals surface area contributed by atoms with E-state index in [0.29, 0.717) is 13.2 Å². The number of benzene rings is 2. The zero-order chi connectivity index (χ0) is 17.1. The molecule has 4 nitrogen and oxygen atoms in total. The van der Waals surface area contributed by atoms with Crippen molar-refractivity contribution >= 4 is 17.0 Å². The van der Waals surface area contributed by atoms with Gasteiger partial charge in [0.05, 0.1) is 6.61 Å². The Balaban J connectivity index is 1.42. The van der Waals surface area contributed by atoms with Crippen LogP contribution in [0.15, 0.2) is 60.3 Å². The van der Waals surface area contributed by atoms with Crippen LogP contribution in [0, 0.1) is 0 Å². The highest BCUT2D eigenvalue weighted by Gasteiger charge is 2.14. The standard InChI is InChI=1S/C21H22N2O2/c24-13-18(10-17-12-23-20-7-3-2-6-19(17)20)22-11-15-9-16-5-1-4-8-21(16)25-14-15/h1-9,12,18,22-24H,10-11,13-14H2. The van der Waals surface area contributed by atoms with Crippen LogP contribution in [0.25, 0.3) is 17.0 Å². The van der Waals surface area contributed by atoms with Gasteiger partial charge in [0.25, 0.3) is 0 Å². The largest absolute Gasteiger partial charge is 0.489 e. The lowest BCUT2D eigenvalue weighted by atomic mass is 10.0. The molecular formula is C21H22N2O2. The van der Waals surface area contributed by atoms with Gasteiger partial charge in [-0.1, -0.05) is 36.4 Å². The van der Waals surface area contributed by atoms with E-state index in [9.17, 15) is 5.11 Å². The van der Waals surface area contributed by atoms with Crippen molar-refractivity contribution < 1.29 is 9.84 Å². The molecule has 1 aromatic heterocycles. The molecule has 1 aliphatic heterocycles. The van der Waals surface area contributed by atoms with Crippen LogP contribution >= 0.6 is 0 Å². The molecule has 0 spiro atoms. The van der Waals surface area contributed by atoms with Gasteiger partial charge < -0.3 is 20.1 Å². The Bertz CT molecular complexity index is 898. The second-order valence-electron chi connectivity index (χ2n) is 6.45. The summed E-state index contributed by atoms with van der Waals surface area (Å²) in [6, 6.07) is 16.3. The quantitative estimate of drug-likeness (QED) is 0.649. The first-order chi connectivity index (χ1) is 12.3. The van der Waals surface area contributed by atoms with Gasteiger partial charge in [0, 0.05) is 35.2 Å². The molecule has 2 heterocycles. The molecule has 3 aromatic rings. The van der Waals surface area contributed by atoms with E-state index >= 15 is 0 Å². The monoisotopic (exact) mass is 334 g/mol. The summed E-state index contributed by atoms with van der Waals surface area (Å²) in [5.41, 5.74) is 4.66. The fourth-order valence-corrected chi connectivity index (χ4v) is 3.31. The second kappa shape index (κ2) is 7.13. The normalized spacial score (nSPS) is 14.7. The summed E-state index contributed by atoms with van der Waals surface area (Å²) in [7, 11) is 0. The Hall–Kier alpha value is -2.56. The van der Waals surface area contributed by atoms with Crippen LogP contribution in [0.4, 0.5) is 0 Å². The maximum atomic E-state index is 9.76. The molecule has 4 heteroatoms. The number of aromatic nitrogens is 1. The maximum absolute atomic E-state index is 9.76. The SMILES string of the molecule is OCC(Cc1c[nH]c2ccccc12)NCC1=Cc2ccccc2OC1. The molecular weight excluding hydrogens is 312 g/mol. The van der Waals surface area contributed by atoms with Crippen molar-refractivity contribution in [3.05, 3.63) is 71.4 Å². The van der Waals surface area contributed by atoms with Gasteiger partial charge in [0.2, 0.25) is 0 Å². The van der Waals surface area contributed by atoms with E-state index in [-0.39, 0.29) is 12.6 Å². The number of aromatic amines is 1. The smallest absolute Gasteiger partial charge is 0.127 e. The molecule has 1 aliphatic rings. The van der Waals surface area contributed by atoms with Gasteiger partial charge in [0.15, 0.2) is 0 Å². The summed E-state index contributed by atoms with van der Waals surface area (Å²) in [6.45, 7) is 1.40. The molecule has 4 rings (SSSR count). The van der Waals surface area contributed by atoms with Crippen molar-refractivity contribution in [3.63, 3.8) is 0 Å². The minimum Gasteiger partial charge on any atom is -0.489 e. The average molecular weight is 334 g/mol. The minimum atomic E-state index is 0.0114. The van der Waals surface area contributed by atoms with Gasteiger partial charge in [-0.3, -0.25) is 0 Å². The van der Waals surface area contributed by atoms with E-state index in [4.69, 9.17) is 4.74 Å². The fourth-order valence-electron chi connectivity index (χ4n) is 3.31. The van der Waals surface area contributed by atoms with Crippen molar-refractivity contribution in [2.75, 3.05) is 19.8 Å². The lowest BCUT2D eigenvalue weighted by Gasteiger charge is -2.21. The average Bonchev–Trinajstić information content (AvgIpc) is 3.08. The van der Waals surface area contributed by atoms with E-state index in [1.165, 1.54) is 16.5 Å². The van der Waals surface area contributed by atoms with E-state index < -0.39 is 0 Å². The molecule has 2 aromatic carbocycles. The summed E-state index contributed by atoms with van der Waals surface area (Å²) >= 11 is 0. The summed E-state index contributed by atoms with van der Waals surface area (Å²) in [6.07, 6.45) is 4.99. The van der Waals surface area contributed by atoms with Crippen LogP contribution in [0.1, 0.15) is 11.1 Å². The first kappa shape index (κ1) is 15.9. The number of H-pyrrole nitrogens is 1. The third kappa shape index (κ3) is 3.45. The fraction of sp³-hybridized carbons (Fsp3) is 0.238. The van der Waals surface area contributed by atoms with Crippen LogP contribution in [-0.2, 0) is 6.42 Å². The number of aliphatic hydroxyl groups is 1. The topological polar surface area (TPSA) is 57.3 Å². The molecule has 128 valence electrons. The number of hydrogen-bond acceptors (Lipinski definition) is 3. The number of nitrogens with one attached hydrogen (secondary N) is 2. The van der Waals surface area contributed by atoms with Gasteiger partial charge in [-0.25, -0.2) is 0 Å². The summed E-state index contributed by atoms with van der Waals surface area (Å²) in [5, 5.41) is 14.4. The lowest BCUT2D eigenvalue weighted by molar-refractivity contribution is 0.243. The predicted molar refractivity (Wildman–Crippen MR) is 101 cm³/mol. The summed E-state index contributed by atoms with van der Waals surface area (Å²) in [5.74, 6) is 0.934. The van der Waals surface area contributed by atoms with Crippen LogP contribution < -0.4 is 10.1 Å². The zero-order valence-corrected chi connectivity index (χ0v) is 14.0. The maximum Gasteiger partial charge on any atom is 0.127 e. The van der Waals surface area contributed by atoms with Crippen molar-refractivity contribution in [1.82, 2.24) is 10.3 Å². The van der Waals surface area contributed by atoms with Crippen molar-refractivity contribution in [1.29, 1.82) is 0 Å². The number of fused-ring (bicyclic) bond motifs is 2. The third-order valence-electron chi connectivity index (χ3n) is 4.67. The molecule has 1 atom stereocenters. The predicted octanol–water partition coefficient (Wildman–Crippen LogP) is 3.14. The lowest BCUT2D eigenvalue weighted by Crippen LogP contribution is -2.36. The molecule has 0 fully saturated rings. The Labute approximate surface area is 147 Å². The van der Waals surface area contributed by atoms with Crippen molar-refractivity contribution in [2.45, 2.75) is 12.5 Å². The van der Waals surface area contributed by atoms with Crippen LogP contribution in [0.2, 0.25) is 0 Å². The van der Waals surface area contributed by atoms with Crippen molar-refractivity contribution in [2.24, 2.45) is 0 Å². The Morgan fingerprint density at radius 2 is 1.96 bits per heavy atom. The highest BCUT2D eigenvalue weighted by Crippen LogP contribution is 2.25. The summed E-state index contributed by atoms with van der Waals surface area (Å²) in [4.78, 5) is 3.29. The van der Waals surface area contributed by atoms with E-state index in [1.807, 2.05) is 36.5 Å². The molecule has 25 heavy (non-hydrogen) atoms. The Morgan fingerprint density at radius 1 is 1.12 bits per heavy atom. The number of ether oxygens (including phenoxy) is 1. The zero-order valence-electron chi connectivity index (χ0n) is 14.0. The first-order valence-electron chi connectivity index (χ1n) is 8.64. The third-order valence-corrected chi connectivity index (χ3v) is 4.67. The van der Waals surface area contributed by atoms with Crippen molar-refractivity contribution in [3.8, 4) is 5.75 Å². The number of hydrogen-bond donors (Lipinski definition) is 3. The van der Waals surface area contributed by atoms with Crippen LogP contribution in [0.3, 0.4) is 0 Å². The molecule has 0 saturated carbocycles. The molecule has 0 saturated heterocycles. The Kier molecular flexibility index (Phi) is 4.55. The molecule has 0 radical (unpaired) electrons. The van der Waals surface area contributed by atoms with Gasteiger partial charge in [-0.2, -0.15) is 0 Å². The van der Waals surface area contributed by atoms with E-state index in [2.05, 4.69) is 34.6 Å². The molecule has 0 aliphatic carbocycles. The van der Waals surface area contributed by atoms with Gasteiger partial charge in [-0.05, 0) is 35.8 Å². The highest BCUT2D eigenvalue weighted by atomic mass is 16.5. The van der Waals surface area contributed by atoms with Gasteiger partial charge in [-0.15, -0.1) is 0 Å². The summed E-state index contributed by atoms with van der Waals surface area (Å²) < 4.78 is 5.79. The number of para-hydroxylation sites is 2. The van der Waals surface area contributed by atoms with E-state index in [1.54, 1.807) is 0 Å². The second-order valence-corrected chi connectivity index (χ2v) is 6.45. The number of aliphatic hydroxyl groups excluding tert-OH is 1. The van der Waals surface area contributed by atoms with Crippen LogP contribution in [-0.4, -0.2) is 35.9 Å². The molecule has 0 bridgehead atoms. The molecule has 1 unspecified atom stereocenters. The van der Waals surface area contributed by atoms with E-state index in [0.717, 1.165) is 23.3 Å². The van der Waals surface area contributed by atoms with Crippen LogP contribution in [0.5, 0.6) is 5.75 Å².